The quantitative estimate of drug-likeness (QED) is 0.408. The molecule has 0 radical (unpaired) electrons. The van der Waals surface area contributed by atoms with E-state index in [9.17, 15) is 5.11 Å². The van der Waals surface area contributed by atoms with Crippen LogP contribution < -0.4 is 5.46 Å². The minimum absolute atomic E-state index is 0.150. The van der Waals surface area contributed by atoms with E-state index in [0.29, 0.717) is 0 Å². The van der Waals surface area contributed by atoms with Gasteiger partial charge < -0.3 is 19.9 Å². The molecule has 0 saturated carbocycles. The summed E-state index contributed by atoms with van der Waals surface area (Å²) in [5.41, 5.74) is 0.150. The number of phenolic OH excluding ortho intramolecular Hbond substituents is 2. The zero-order valence-corrected chi connectivity index (χ0v) is 6.56. The van der Waals surface area contributed by atoms with Crippen molar-refractivity contribution in [2.45, 2.75) is 0 Å². The van der Waals surface area contributed by atoms with Crippen LogP contribution in [0.5, 0.6) is 11.5 Å². The van der Waals surface area contributed by atoms with Gasteiger partial charge in [-0.25, -0.2) is 0 Å². The molecule has 0 amide bonds. The highest BCUT2D eigenvalue weighted by molar-refractivity contribution is 6.61. The van der Waals surface area contributed by atoms with Crippen molar-refractivity contribution in [1.29, 1.82) is 0 Å². The smallest absolute Gasteiger partial charge is 0.494 e. The second kappa shape index (κ2) is 3.47. The van der Waals surface area contributed by atoms with Gasteiger partial charge in [0.15, 0.2) is 11.5 Å². The van der Waals surface area contributed by atoms with Crippen molar-refractivity contribution in [3.05, 3.63) is 18.2 Å². The number of aromatic hydroxyl groups is 2. The van der Waals surface area contributed by atoms with E-state index in [1.165, 1.54) is 25.3 Å². The molecule has 1 aromatic carbocycles. The fourth-order valence-corrected chi connectivity index (χ4v) is 0.875. The van der Waals surface area contributed by atoms with Crippen LogP contribution in [0.15, 0.2) is 18.2 Å². The minimum atomic E-state index is -1.21. The lowest BCUT2D eigenvalue weighted by molar-refractivity contribution is 0.338. The average Bonchev–Trinajstić information content (AvgIpc) is 2.08. The van der Waals surface area contributed by atoms with E-state index >= 15 is 0 Å². The summed E-state index contributed by atoms with van der Waals surface area (Å²) < 4.78 is 4.56. The molecule has 12 heavy (non-hydrogen) atoms. The summed E-state index contributed by atoms with van der Waals surface area (Å²) in [5.74, 6) is -0.629. The summed E-state index contributed by atoms with van der Waals surface area (Å²) in [5, 5.41) is 27.4. The van der Waals surface area contributed by atoms with Crippen LogP contribution in [0.2, 0.25) is 0 Å². The average molecular weight is 168 g/mol. The Morgan fingerprint density at radius 1 is 1.33 bits per heavy atom. The van der Waals surface area contributed by atoms with Gasteiger partial charge in [0.25, 0.3) is 0 Å². The number of rotatable bonds is 2. The van der Waals surface area contributed by atoms with Crippen molar-refractivity contribution in [3.63, 3.8) is 0 Å². The van der Waals surface area contributed by atoms with Crippen LogP contribution in [0, 0.1) is 0 Å². The largest absolute Gasteiger partial charge is 0.505 e. The molecule has 4 nitrogen and oxygen atoms in total. The summed E-state index contributed by atoms with van der Waals surface area (Å²) in [6.45, 7) is 0. The number of para-hydroxylation sites is 1. The van der Waals surface area contributed by atoms with Gasteiger partial charge >= 0.3 is 7.12 Å². The first-order chi connectivity index (χ1) is 5.66. The van der Waals surface area contributed by atoms with Crippen molar-refractivity contribution in [3.8, 4) is 11.5 Å². The van der Waals surface area contributed by atoms with Crippen LogP contribution >= 0.6 is 0 Å². The molecular weight excluding hydrogens is 159 g/mol. The molecule has 0 atom stereocenters. The molecule has 1 aromatic rings. The van der Waals surface area contributed by atoms with Crippen LogP contribution in [0.3, 0.4) is 0 Å². The third-order valence-electron chi connectivity index (χ3n) is 1.54. The highest BCUT2D eigenvalue weighted by atomic mass is 16.5. The molecule has 0 heterocycles. The lowest BCUT2D eigenvalue weighted by Crippen LogP contribution is -2.32. The fourth-order valence-electron chi connectivity index (χ4n) is 0.875. The van der Waals surface area contributed by atoms with E-state index in [-0.39, 0.29) is 17.0 Å². The first-order valence-electron chi connectivity index (χ1n) is 3.38. The number of benzene rings is 1. The van der Waals surface area contributed by atoms with Crippen LogP contribution in [0.4, 0.5) is 0 Å². The van der Waals surface area contributed by atoms with E-state index in [1.54, 1.807) is 0 Å². The Balaban J connectivity index is 3.07. The third kappa shape index (κ3) is 1.52. The predicted octanol–water partition coefficient (Wildman–Crippen LogP) is -0.568. The Morgan fingerprint density at radius 2 is 2.00 bits per heavy atom. The monoisotopic (exact) mass is 168 g/mol. The molecule has 1 rings (SSSR count). The molecule has 5 heteroatoms. The van der Waals surface area contributed by atoms with Crippen molar-refractivity contribution < 1.29 is 19.9 Å². The van der Waals surface area contributed by atoms with Crippen molar-refractivity contribution in [2.24, 2.45) is 0 Å². The second-order valence-electron chi connectivity index (χ2n) is 2.30. The van der Waals surface area contributed by atoms with E-state index in [2.05, 4.69) is 4.65 Å². The van der Waals surface area contributed by atoms with Gasteiger partial charge in [-0.3, -0.25) is 0 Å². The summed E-state index contributed by atoms with van der Waals surface area (Å²) in [7, 11) is 0.0887. The molecule has 3 N–H and O–H groups in total. The van der Waals surface area contributed by atoms with Gasteiger partial charge in [0.1, 0.15) is 0 Å². The first-order valence-corrected chi connectivity index (χ1v) is 3.38. The lowest BCUT2D eigenvalue weighted by atomic mass is 9.79. The maximum atomic E-state index is 9.21. The van der Waals surface area contributed by atoms with Crippen molar-refractivity contribution in [1.82, 2.24) is 0 Å². The Kier molecular flexibility index (Phi) is 2.57. The highest BCUT2D eigenvalue weighted by Crippen LogP contribution is 2.20. The number of hydrogen-bond donors (Lipinski definition) is 3. The standard InChI is InChI=1S/C7H9BO4/c1-12-8(11)5-3-2-4-6(9)7(5)10/h2-4,9-11H,1H3. The minimum Gasteiger partial charge on any atom is -0.505 e. The normalized spacial score (nSPS) is 9.83. The first kappa shape index (κ1) is 8.90. The van der Waals surface area contributed by atoms with Gasteiger partial charge in [0, 0.05) is 12.6 Å². The SMILES string of the molecule is COB(O)c1cccc(O)c1O. The molecule has 0 aromatic heterocycles. The Hall–Kier alpha value is -1.20. The van der Waals surface area contributed by atoms with Gasteiger partial charge in [0.2, 0.25) is 0 Å². The van der Waals surface area contributed by atoms with E-state index in [1.807, 2.05) is 0 Å². The summed E-state index contributed by atoms with van der Waals surface area (Å²) in [6, 6.07) is 4.29. The molecular formula is C7H9BO4. The Morgan fingerprint density at radius 3 is 2.58 bits per heavy atom. The number of phenols is 2. The Bertz CT molecular complexity index is 276. The summed E-state index contributed by atoms with van der Waals surface area (Å²) in [6.07, 6.45) is 0. The summed E-state index contributed by atoms with van der Waals surface area (Å²) in [4.78, 5) is 0. The topological polar surface area (TPSA) is 69.9 Å². The van der Waals surface area contributed by atoms with Crippen LogP contribution in [0.1, 0.15) is 0 Å². The maximum Gasteiger partial charge on any atom is 0.494 e. The molecule has 0 aliphatic heterocycles. The molecule has 0 fully saturated rings. The lowest BCUT2D eigenvalue weighted by Gasteiger charge is -2.06. The predicted molar refractivity (Wildman–Crippen MR) is 44.4 cm³/mol. The van der Waals surface area contributed by atoms with Gasteiger partial charge in [-0.2, -0.15) is 0 Å². The molecule has 0 spiro atoms. The van der Waals surface area contributed by atoms with Gasteiger partial charge in [-0.1, -0.05) is 12.1 Å². The molecule has 0 saturated heterocycles. The second-order valence-corrected chi connectivity index (χ2v) is 2.30. The van der Waals surface area contributed by atoms with Gasteiger partial charge in [-0.05, 0) is 6.07 Å². The molecule has 0 aliphatic rings. The third-order valence-corrected chi connectivity index (χ3v) is 1.54. The van der Waals surface area contributed by atoms with Gasteiger partial charge in [-0.15, -0.1) is 0 Å². The molecule has 0 bridgehead atoms. The van der Waals surface area contributed by atoms with Gasteiger partial charge in [0.05, 0.1) is 0 Å². The Labute approximate surface area is 70.2 Å². The van der Waals surface area contributed by atoms with E-state index < -0.39 is 7.12 Å². The maximum absolute atomic E-state index is 9.21. The van der Waals surface area contributed by atoms with Crippen LogP contribution in [0.25, 0.3) is 0 Å². The summed E-state index contributed by atoms with van der Waals surface area (Å²) >= 11 is 0. The molecule has 0 unspecified atom stereocenters. The van der Waals surface area contributed by atoms with E-state index in [0.717, 1.165) is 0 Å². The van der Waals surface area contributed by atoms with E-state index in [4.69, 9.17) is 10.1 Å². The van der Waals surface area contributed by atoms with Crippen LogP contribution in [-0.4, -0.2) is 29.5 Å². The van der Waals surface area contributed by atoms with Crippen molar-refractivity contribution >= 4 is 12.6 Å². The zero-order chi connectivity index (χ0) is 9.14. The zero-order valence-electron chi connectivity index (χ0n) is 6.56. The van der Waals surface area contributed by atoms with Crippen LogP contribution in [-0.2, 0) is 4.65 Å². The molecule has 0 aliphatic carbocycles. The highest BCUT2D eigenvalue weighted by Gasteiger charge is 2.20. The molecule has 64 valence electrons. The number of hydrogen-bond acceptors (Lipinski definition) is 4. The van der Waals surface area contributed by atoms with Crippen molar-refractivity contribution in [2.75, 3.05) is 7.11 Å². The fraction of sp³-hybridized carbons (Fsp3) is 0.143.